The van der Waals surface area contributed by atoms with Crippen molar-refractivity contribution in [2.24, 2.45) is 0 Å². The fourth-order valence-corrected chi connectivity index (χ4v) is 3.19. The summed E-state index contributed by atoms with van der Waals surface area (Å²) in [5.41, 5.74) is 1.10. The number of ether oxygens (including phenoxy) is 1. The zero-order valence-corrected chi connectivity index (χ0v) is 11.9. The Morgan fingerprint density at radius 2 is 2.37 bits per heavy atom. The lowest BCUT2D eigenvalue weighted by atomic mass is 10.1. The minimum absolute atomic E-state index is 0.0187. The third-order valence-corrected chi connectivity index (χ3v) is 4.39. The lowest BCUT2D eigenvalue weighted by molar-refractivity contribution is -0.136. The quantitative estimate of drug-likeness (QED) is 0.892. The first kappa shape index (κ1) is 14.4. The van der Waals surface area contributed by atoms with Crippen LogP contribution in [-0.2, 0) is 14.3 Å². The van der Waals surface area contributed by atoms with E-state index in [0.717, 1.165) is 17.3 Å². The molecule has 1 unspecified atom stereocenters. The SMILES string of the molecule is O=C(O)CSCC(=O)N1CCOC(c2ccsc2)C1. The molecule has 1 aromatic rings. The van der Waals surface area contributed by atoms with Gasteiger partial charge in [0.05, 0.1) is 24.7 Å². The Balaban J connectivity index is 1.83. The first-order chi connectivity index (χ1) is 9.16. The van der Waals surface area contributed by atoms with Gasteiger partial charge in [0.1, 0.15) is 6.10 Å². The maximum absolute atomic E-state index is 12.0. The highest BCUT2D eigenvalue weighted by atomic mass is 32.2. The van der Waals surface area contributed by atoms with Crippen LogP contribution in [0.4, 0.5) is 0 Å². The Morgan fingerprint density at radius 1 is 1.53 bits per heavy atom. The van der Waals surface area contributed by atoms with Crippen molar-refractivity contribution in [3.05, 3.63) is 22.4 Å². The Morgan fingerprint density at radius 3 is 3.05 bits per heavy atom. The van der Waals surface area contributed by atoms with Crippen LogP contribution in [-0.4, -0.2) is 53.1 Å². The summed E-state index contributed by atoms with van der Waals surface area (Å²) in [5.74, 6) is -0.738. The van der Waals surface area contributed by atoms with Gasteiger partial charge in [-0.3, -0.25) is 9.59 Å². The summed E-state index contributed by atoms with van der Waals surface area (Å²) in [4.78, 5) is 24.1. The molecule has 104 valence electrons. The molecule has 1 aliphatic heterocycles. The van der Waals surface area contributed by atoms with Crippen molar-refractivity contribution in [3.8, 4) is 0 Å². The summed E-state index contributed by atoms with van der Waals surface area (Å²) in [7, 11) is 0. The molecule has 19 heavy (non-hydrogen) atoms. The number of carboxylic acids is 1. The molecule has 0 aliphatic carbocycles. The highest BCUT2D eigenvalue weighted by Gasteiger charge is 2.25. The van der Waals surface area contributed by atoms with Gasteiger partial charge in [-0.15, -0.1) is 11.8 Å². The number of hydrogen-bond acceptors (Lipinski definition) is 5. The standard InChI is InChI=1S/C12H15NO4S2/c14-11(7-19-8-12(15)16)13-2-3-17-10(5-13)9-1-4-18-6-9/h1,4,6,10H,2-3,5,7-8H2,(H,15,16). The molecule has 5 nitrogen and oxygen atoms in total. The molecule has 1 amide bonds. The molecule has 2 heterocycles. The zero-order chi connectivity index (χ0) is 13.7. The molecule has 0 bridgehead atoms. The smallest absolute Gasteiger partial charge is 0.313 e. The highest BCUT2D eigenvalue weighted by molar-refractivity contribution is 8.00. The van der Waals surface area contributed by atoms with E-state index in [9.17, 15) is 9.59 Å². The molecule has 2 rings (SSSR count). The number of nitrogens with zero attached hydrogens (tertiary/aromatic N) is 1. The van der Waals surface area contributed by atoms with E-state index >= 15 is 0 Å². The predicted octanol–water partition coefficient (Wildman–Crippen LogP) is 1.47. The Hall–Kier alpha value is -1.05. The number of rotatable bonds is 5. The van der Waals surface area contributed by atoms with Crippen LogP contribution in [0.2, 0.25) is 0 Å². The van der Waals surface area contributed by atoms with Crippen molar-refractivity contribution in [2.75, 3.05) is 31.2 Å². The number of thioether (sulfide) groups is 1. The molecular formula is C12H15NO4S2. The minimum atomic E-state index is -0.893. The molecular weight excluding hydrogens is 286 g/mol. The molecule has 0 spiro atoms. The van der Waals surface area contributed by atoms with Gasteiger partial charge < -0.3 is 14.7 Å². The van der Waals surface area contributed by atoms with Gasteiger partial charge in [0.15, 0.2) is 0 Å². The van der Waals surface area contributed by atoms with E-state index in [-0.39, 0.29) is 23.5 Å². The van der Waals surface area contributed by atoms with Crippen molar-refractivity contribution >= 4 is 35.0 Å². The summed E-state index contributed by atoms with van der Waals surface area (Å²) in [6.07, 6.45) is -0.0616. The zero-order valence-electron chi connectivity index (χ0n) is 10.3. The molecule has 0 aromatic carbocycles. The third-order valence-electron chi connectivity index (χ3n) is 2.79. The van der Waals surface area contributed by atoms with E-state index in [1.54, 1.807) is 16.2 Å². The van der Waals surface area contributed by atoms with E-state index in [1.807, 2.05) is 16.8 Å². The number of carbonyl (C=O) groups is 2. The number of carboxylic acid groups (broad SMARTS) is 1. The van der Waals surface area contributed by atoms with Crippen LogP contribution in [0.5, 0.6) is 0 Å². The van der Waals surface area contributed by atoms with E-state index in [2.05, 4.69) is 0 Å². The number of thiophene rings is 1. The normalized spacial score (nSPS) is 19.4. The molecule has 0 saturated carbocycles. The number of carbonyl (C=O) groups excluding carboxylic acids is 1. The van der Waals surface area contributed by atoms with Gasteiger partial charge in [0.2, 0.25) is 5.91 Å². The summed E-state index contributed by atoms with van der Waals surface area (Å²) in [5, 5.41) is 12.6. The van der Waals surface area contributed by atoms with Crippen LogP contribution < -0.4 is 0 Å². The van der Waals surface area contributed by atoms with Gasteiger partial charge >= 0.3 is 5.97 Å². The van der Waals surface area contributed by atoms with E-state index in [1.165, 1.54) is 0 Å². The van der Waals surface area contributed by atoms with Crippen molar-refractivity contribution in [2.45, 2.75) is 6.10 Å². The predicted molar refractivity (Wildman–Crippen MR) is 74.6 cm³/mol. The van der Waals surface area contributed by atoms with Crippen molar-refractivity contribution in [3.63, 3.8) is 0 Å². The minimum Gasteiger partial charge on any atom is -0.481 e. The van der Waals surface area contributed by atoms with Crippen molar-refractivity contribution in [1.82, 2.24) is 4.90 Å². The summed E-state index contributed by atoms with van der Waals surface area (Å²) in [6.45, 7) is 1.64. The van der Waals surface area contributed by atoms with Gasteiger partial charge in [-0.25, -0.2) is 0 Å². The van der Waals surface area contributed by atoms with Crippen LogP contribution in [0.25, 0.3) is 0 Å². The second kappa shape index (κ2) is 6.93. The van der Waals surface area contributed by atoms with Crippen LogP contribution >= 0.6 is 23.1 Å². The largest absolute Gasteiger partial charge is 0.481 e. The highest BCUT2D eigenvalue weighted by Crippen LogP contribution is 2.24. The average Bonchev–Trinajstić information content (AvgIpc) is 2.92. The average molecular weight is 301 g/mol. The number of hydrogen-bond donors (Lipinski definition) is 1. The van der Waals surface area contributed by atoms with Crippen LogP contribution in [0.3, 0.4) is 0 Å². The van der Waals surface area contributed by atoms with Gasteiger partial charge in [-0.2, -0.15) is 11.3 Å². The van der Waals surface area contributed by atoms with Crippen LogP contribution in [0, 0.1) is 0 Å². The van der Waals surface area contributed by atoms with Gasteiger partial charge in [0, 0.05) is 6.54 Å². The molecule has 1 saturated heterocycles. The maximum Gasteiger partial charge on any atom is 0.313 e. The summed E-state index contributed by atoms with van der Waals surface area (Å²) in [6, 6.07) is 2.00. The fraction of sp³-hybridized carbons (Fsp3) is 0.500. The topological polar surface area (TPSA) is 66.8 Å². The third kappa shape index (κ3) is 4.22. The van der Waals surface area contributed by atoms with E-state index in [4.69, 9.17) is 9.84 Å². The Labute approximate surface area is 119 Å². The van der Waals surface area contributed by atoms with Crippen LogP contribution in [0.1, 0.15) is 11.7 Å². The molecule has 1 N–H and O–H groups in total. The molecule has 7 heteroatoms. The van der Waals surface area contributed by atoms with Gasteiger partial charge in [-0.05, 0) is 22.4 Å². The molecule has 1 aromatic heterocycles. The Kier molecular flexibility index (Phi) is 5.24. The molecule has 1 aliphatic rings. The number of amides is 1. The maximum atomic E-state index is 12.0. The second-order valence-corrected chi connectivity index (χ2v) is 5.91. The van der Waals surface area contributed by atoms with E-state index < -0.39 is 5.97 Å². The van der Waals surface area contributed by atoms with Crippen LogP contribution in [0.15, 0.2) is 16.8 Å². The lowest BCUT2D eigenvalue weighted by Crippen LogP contribution is -2.43. The van der Waals surface area contributed by atoms with E-state index in [0.29, 0.717) is 19.7 Å². The summed E-state index contributed by atoms with van der Waals surface area (Å²) < 4.78 is 5.66. The Bertz CT molecular complexity index is 435. The van der Waals surface area contributed by atoms with Crippen molar-refractivity contribution in [1.29, 1.82) is 0 Å². The molecule has 1 atom stereocenters. The van der Waals surface area contributed by atoms with Gasteiger partial charge in [0.25, 0.3) is 0 Å². The summed E-state index contributed by atoms with van der Waals surface area (Å²) >= 11 is 2.74. The van der Waals surface area contributed by atoms with Crippen molar-refractivity contribution < 1.29 is 19.4 Å². The molecule has 0 radical (unpaired) electrons. The monoisotopic (exact) mass is 301 g/mol. The first-order valence-electron chi connectivity index (χ1n) is 5.88. The van der Waals surface area contributed by atoms with Gasteiger partial charge in [-0.1, -0.05) is 0 Å². The number of morpholine rings is 1. The molecule has 1 fully saturated rings. The number of aliphatic carboxylic acids is 1. The fourth-order valence-electron chi connectivity index (χ4n) is 1.85. The lowest BCUT2D eigenvalue weighted by Gasteiger charge is -2.32. The first-order valence-corrected chi connectivity index (χ1v) is 7.97. The second-order valence-electron chi connectivity index (χ2n) is 4.14.